The average molecular weight is 302 g/mol. The minimum absolute atomic E-state index is 0.0224. The van der Waals surface area contributed by atoms with E-state index in [2.05, 4.69) is 16.3 Å². The monoisotopic (exact) mass is 301 g/mol. The Bertz CT molecular complexity index is 688. The Labute approximate surface area is 128 Å². The SMILES string of the molecule is Cc1cc(C(=O)N2CC=C(c3ccc(Cl)cc3)CC2)n[nH]1. The molecule has 4 nitrogen and oxygen atoms in total. The molecule has 1 aromatic heterocycles. The normalized spacial score (nSPS) is 15.0. The Balaban J connectivity index is 1.71. The summed E-state index contributed by atoms with van der Waals surface area (Å²) >= 11 is 5.90. The zero-order valence-electron chi connectivity index (χ0n) is 11.8. The summed E-state index contributed by atoms with van der Waals surface area (Å²) in [5.74, 6) is -0.0224. The van der Waals surface area contributed by atoms with Gasteiger partial charge in [-0.3, -0.25) is 9.89 Å². The Morgan fingerprint density at radius 3 is 2.67 bits per heavy atom. The molecular formula is C16H16ClN3O. The molecule has 0 unspecified atom stereocenters. The molecule has 1 aliphatic rings. The lowest BCUT2D eigenvalue weighted by Gasteiger charge is -2.26. The van der Waals surface area contributed by atoms with Crippen molar-refractivity contribution in [1.29, 1.82) is 0 Å². The topological polar surface area (TPSA) is 49.0 Å². The van der Waals surface area contributed by atoms with Crippen LogP contribution in [0.2, 0.25) is 5.02 Å². The van der Waals surface area contributed by atoms with E-state index in [1.165, 1.54) is 11.1 Å². The molecule has 1 N–H and O–H groups in total. The second kappa shape index (κ2) is 5.74. The van der Waals surface area contributed by atoms with Crippen LogP contribution in [0.15, 0.2) is 36.4 Å². The molecule has 0 radical (unpaired) electrons. The first kappa shape index (κ1) is 13.9. The largest absolute Gasteiger partial charge is 0.333 e. The van der Waals surface area contributed by atoms with Gasteiger partial charge in [-0.1, -0.05) is 29.8 Å². The second-order valence-electron chi connectivity index (χ2n) is 5.17. The van der Waals surface area contributed by atoms with Crippen molar-refractivity contribution in [2.24, 2.45) is 0 Å². The van der Waals surface area contributed by atoms with Gasteiger partial charge in [-0.15, -0.1) is 0 Å². The number of aromatic nitrogens is 2. The minimum Gasteiger partial charge on any atom is -0.333 e. The number of hydrogen-bond acceptors (Lipinski definition) is 2. The highest BCUT2D eigenvalue weighted by Crippen LogP contribution is 2.24. The predicted octanol–water partition coefficient (Wildman–Crippen LogP) is 3.30. The molecule has 0 saturated carbocycles. The molecule has 108 valence electrons. The lowest BCUT2D eigenvalue weighted by atomic mass is 9.99. The van der Waals surface area contributed by atoms with Crippen LogP contribution in [0.5, 0.6) is 0 Å². The van der Waals surface area contributed by atoms with Gasteiger partial charge >= 0.3 is 0 Å². The number of benzene rings is 1. The summed E-state index contributed by atoms with van der Waals surface area (Å²) in [5, 5.41) is 7.57. The first-order chi connectivity index (χ1) is 10.1. The predicted molar refractivity (Wildman–Crippen MR) is 83.3 cm³/mol. The lowest BCUT2D eigenvalue weighted by Crippen LogP contribution is -2.34. The van der Waals surface area contributed by atoms with Crippen LogP contribution in [-0.4, -0.2) is 34.1 Å². The minimum atomic E-state index is -0.0224. The molecule has 1 amide bonds. The van der Waals surface area contributed by atoms with Crippen LogP contribution < -0.4 is 0 Å². The molecule has 21 heavy (non-hydrogen) atoms. The second-order valence-corrected chi connectivity index (χ2v) is 5.61. The number of halogens is 1. The number of rotatable bonds is 2. The molecule has 0 spiro atoms. The number of carbonyl (C=O) groups excluding carboxylic acids is 1. The van der Waals surface area contributed by atoms with Gasteiger partial charge in [-0.25, -0.2) is 0 Å². The van der Waals surface area contributed by atoms with E-state index in [-0.39, 0.29) is 5.91 Å². The fourth-order valence-electron chi connectivity index (χ4n) is 2.47. The van der Waals surface area contributed by atoms with Crippen LogP contribution in [0.1, 0.15) is 28.2 Å². The third-order valence-electron chi connectivity index (χ3n) is 3.64. The highest BCUT2D eigenvalue weighted by Gasteiger charge is 2.21. The highest BCUT2D eigenvalue weighted by atomic mass is 35.5. The molecule has 5 heteroatoms. The molecule has 1 aliphatic heterocycles. The van der Waals surface area contributed by atoms with Crippen molar-refractivity contribution >= 4 is 23.1 Å². The van der Waals surface area contributed by atoms with Gasteiger partial charge < -0.3 is 4.90 Å². The van der Waals surface area contributed by atoms with Crippen LogP contribution in [0, 0.1) is 6.92 Å². The number of H-pyrrole nitrogens is 1. The number of aromatic amines is 1. The van der Waals surface area contributed by atoms with Crippen molar-refractivity contribution in [1.82, 2.24) is 15.1 Å². The zero-order valence-corrected chi connectivity index (χ0v) is 12.5. The van der Waals surface area contributed by atoms with E-state index in [1.807, 2.05) is 36.1 Å². The molecule has 2 aromatic rings. The Hall–Kier alpha value is -2.07. The van der Waals surface area contributed by atoms with Crippen molar-refractivity contribution in [2.45, 2.75) is 13.3 Å². The maximum Gasteiger partial charge on any atom is 0.274 e. The lowest BCUT2D eigenvalue weighted by molar-refractivity contribution is 0.0767. The number of hydrogen-bond donors (Lipinski definition) is 1. The fraction of sp³-hybridized carbons (Fsp3) is 0.250. The van der Waals surface area contributed by atoms with Gasteiger partial charge in [0.15, 0.2) is 0 Å². The van der Waals surface area contributed by atoms with E-state index in [0.717, 1.165) is 17.1 Å². The molecule has 1 aromatic carbocycles. The molecule has 0 saturated heterocycles. The van der Waals surface area contributed by atoms with Crippen LogP contribution in [0.4, 0.5) is 0 Å². The van der Waals surface area contributed by atoms with Gasteiger partial charge in [0.25, 0.3) is 5.91 Å². The Morgan fingerprint density at radius 1 is 1.33 bits per heavy atom. The van der Waals surface area contributed by atoms with Crippen molar-refractivity contribution in [2.75, 3.05) is 13.1 Å². The Kier molecular flexibility index (Phi) is 3.80. The number of carbonyl (C=O) groups is 1. The van der Waals surface area contributed by atoms with Gasteiger partial charge in [-0.2, -0.15) is 5.10 Å². The number of nitrogens with zero attached hydrogens (tertiary/aromatic N) is 2. The summed E-state index contributed by atoms with van der Waals surface area (Å²) in [4.78, 5) is 14.1. The van der Waals surface area contributed by atoms with Crippen molar-refractivity contribution in [3.8, 4) is 0 Å². The fourth-order valence-corrected chi connectivity index (χ4v) is 2.60. The van der Waals surface area contributed by atoms with E-state index in [0.29, 0.717) is 18.8 Å². The molecule has 0 fully saturated rings. The first-order valence-electron chi connectivity index (χ1n) is 6.90. The van der Waals surface area contributed by atoms with Gasteiger partial charge in [0.05, 0.1) is 0 Å². The number of nitrogens with one attached hydrogen (secondary N) is 1. The molecule has 2 heterocycles. The highest BCUT2D eigenvalue weighted by molar-refractivity contribution is 6.30. The van der Waals surface area contributed by atoms with Crippen molar-refractivity contribution < 1.29 is 4.79 Å². The zero-order chi connectivity index (χ0) is 14.8. The summed E-state index contributed by atoms with van der Waals surface area (Å²) < 4.78 is 0. The van der Waals surface area contributed by atoms with Gasteiger partial charge in [0.2, 0.25) is 0 Å². The van der Waals surface area contributed by atoms with Crippen LogP contribution >= 0.6 is 11.6 Å². The average Bonchev–Trinajstić information content (AvgIpc) is 2.94. The van der Waals surface area contributed by atoms with E-state index in [9.17, 15) is 4.79 Å². The van der Waals surface area contributed by atoms with Crippen LogP contribution in [0.3, 0.4) is 0 Å². The third-order valence-corrected chi connectivity index (χ3v) is 3.89. The van der Waals surface area contributed by atoms with Gasteiger partial charge in [-0.05, 0) is 42.7 Å². The van der Waals surface area contributed by atoms with Crippen molar-refractivity contribution in [3.63, 3.8) is 0 Å². The van der Waals surface area contributed by atoms with Gasteiger partial charge in [0.1, 0.15) is 5.69 Å². The third kappa shape index (κ3) is 3.00. The Morgan fingerprint density at radius 2 is 2.10 bits per heavy atom. The van der Waals surface area contributed by atoms with Gasteiger partial charge in [0, 0.05) is 23.8 Å². The summed E-state index contributed by atoms with van der Waals surface area (Å²) in [6.45, 7) is 3.21. The van der Waals surface area contributed by atoms with Crippen molar-refractivity contribution in [3.05, 3.63) is 58.4 Å². The first-order valence-corrected chi connectivity index (χ1v) is 7.27. The maximum absolute atomic E-state index is 12.3. The summed E-state index contributed by atoms with van der Waals surface area (Å²) in [7, 11) is 0. The van der Waals surface area contributed by atoms with Crippen LogP contribution in [-0.2, 0) is 0 Å². The molecule has 0 aliphatic carbocycles. The smallest absolute Gasteiger partial charge is 0.274 e. The van der Waals surface area contributed by atoms with E-state index >= 15 is 0 Å². The van der Waals surface area contributed by atoms with E-state index in [4.69, 9.17) is 11.6 Å². The summed E-state index contributed by atoms with van der Waals surface area (Å²) in [5.41, 5.74) is 3.81. The molecule has 0 atom stereocenters. The molecule has 3 rings (SSSR count). The number of amides is 1. The summed E-state index contributed by atoms with van der Waals surface area (Å²) in [6, 6.07) is 9.59. The van der Waals surface area contributed by atoms with Crippen LogP contribution in [0.25, 0.3) is 5.57 Å². The molecular weight excluding hydrogens is 286 g/mol. The number of aryl methyl sites for hydroxylation is 1. The quantitative estimate of drug-likeness (QED) is 0.925. The standard InChI is InChI=1S/C16H16ClN3O/c1-11-10-15(19-18-11)16(21)20-8-6-13(7-9-20)12-2-4-14(17)5-3-12/h2-6,10H,7-9H2,1H3,(H,18,19). The van der Waals surface area contributed by atoms with E-state index in [1.54, 1.807) is 6.07 Å². The van der Waals surface area contributed by atoms with E-state index < -0.39 is 0 Å². The molecule has 0 bridgehead atoms. The summed E-state index contributed by atoms with van der Waals surface area (Å²) in [6.07, 6.45) is 2.95. The maximum atomic E-state index is 12.3.